The van der Waals surface area contributed by atoms with E-state index in [9.17, 15) is 34.8 Å². The van der Waals surface area contributed by atoms with E-state index in [4.69, 9.17) is 11.6 Å². The Labute approximate surface area is 113 Å². The molecule has 0 spiro atoms. The van der Waals surface area contributed by atoms with Crippen molar-refractivity contribution in [3.63, 3.8) is 0 Å². The fraction of sp³-hybridized carbons (Fsp3) is 0.375. The molecule has 0 N–H and O–H groups in total. The highest BCUT2D eigenvalue weighted by molar-refractivity contribution is 7.87. The van der Waals surface area contributed by atoms with Crippen LogP contribution in [0.1, 0.15) is 11.8 Å². The van der Waals surface area contributed by atoms with Crippen molar-refractivity contribution >= 4 is 21.7 Å². The van der Waals surface area contributed by atoms with Crippen LogP contribution in [0.5, 0.6) is 0 Å². The van der Waals surface area contributed by atoms with Crippen LogP contribution in [0, 0.1) is 0 Å². The van der Waals surface area contributed by atoms with Gasteiger partial charge in [0.1, 0.15) is 0 Å². The van der Waals surface area contributed by atoms with E-state index in [2.05, 4.69) is 9.17 Å². The number of nitrogens with zero attached hydrogens (tertiary/aromatic N) is 1. The summed E-state index contributed by atoms with van der Waals surface area (Å²) in [4.78, 5) is 3.11. The van der Waals surface area contributed by atoms with Gasteiger partial charge in [-0.3, -0.25) is 4.98 Å². The van der Waals surface area contributed by atoms with E-state index in [1.807, 2.05) is 0 Å². The molecule has 0 radical (unpaired) electrons. The topological polar surface area (TPSA) is 56.3 Å². The van der Waals surface area contributed by atoms with Gasteiger partial charge in [-0.1, -0.05) is 11.6 Å². The Balaban J connectivity index is 3.24. The summed E-state index contributed by atoms with van der Waals surface area (Å²) in [5.74, 6) is 0. The predicted molar refractivity (Wildman–Crippen MR) is 54.1 cm³/mol. The molecule has 0 aliphatic heterocycles. The van der Waals surface area contributed by atoms with Gasteiger partial charge in [-0.25, -0.2) is 4.18 Å². The first kappa shape index (κ1) is 17.0. The lowest BCUT2D eigenvalue weighted by atomic mass is 10.2. The van der Waals surface area contributed by atoms with Gasteiger partial charge in [-0.15, -0.1) is 0 Å². The molecule has 1 aromatic rings. The molecule has 0 aliphatic carbocycles. The Morgan fingerprint density at radius 2 is 1.75 bits per heavy atom. The summed E-state index contributed by atoms with van der Waals surface area (Å²) in [5.41, 5.74) is -7.10. The molecule has 0 saturated carbocycles. The van der Waals surface area contributed by atoms with Crippen LogP contribution in [0.2, 0.25) is 5.02 Å². The van der Waals surface area contributed by atoms with E-state index in [1.54, 1.807) is 0 Å². The highest BCUT2D eigenvalue weighted by Crippen LogP contribution is 2.39. The molecular weight excluding hydrogens is 340 g/mol. The average molecular weight is 344 g/mol. The van der Waals surface area contributed by atoms with Gasteiger partial charge in [0.25, 0.3) is 0 Å². The Morgan fingerprint density at radius 1 is 1.20 bits per heavy atom. The van der Waals surface area contributed by atoms with Crippen molar-refractivity contribution in [2.45, 2.75) is 17.8 Å². The van der Waals surface area contributed by atoms with Gasteiger partial charge in [0.05, 0.1) is 5.69 Å². The molecule has 0 bridgehead atoms. The fourth-order valence-corrected chi connectivity index (χ4v) is 1.76. The lowest BCUT2D eigenvalue weighted by Gasteiger charge is -2.20. The Bertz CT molecular complexity index is 585. The highest BCUT2D eigenvalue weighted by atomic mass is 35.5. The monoisotopic (exact) mass is 343 g/mol. The van der Waals surface area contributed by atoms with Crippen LogP contribution in [0.4, 0.5) is 26.3 Å². The minimum absolute atomic E-state index is 0.280. The molecule has 4 nitrogen and oxygen atoms in total. The second-order valence-corrected chi connectivity index (χ2v) is 5.32. The first-order chi connectivity index (χ1) is 8.84. The zero-order valence-electron chi connectivity index (χ0n) is 9.04. The molecule has 1 unspecified atom stereocenters. The first-order valence-corrected chi connectivity index (χ1v) is 6.31. The number of halogens is 7. The lowest BCUT2D eigenvalue weighted by Crippen LogP contribution is -2.33. The summed E-state index contributed by atoms with van der Waals surface area (Å²) in [6.45, 7) is 0. The number of pyridine rings is 1. The van der Waals surface area contributed by atoms with Crippen molar-refractivity contribution in [2.75, 3.05) is 0 Å². The van der Waals surface area contributed by atoms with E-state index < -0.39 is 33.6 Å². The van der Waals surface area contributed by atoms with Crippen molar-refractivity contribution in [1.29, 1.82) is 0 Å². The summed E-state index contributed by atoms with van der Waals surface area (Å²) in [6.07, 6.45) is -8.08. The molecule has 0 saturated heterocycles. The summed E-state index contributed by atoms with van der Waals surface area (Å²) >= 11 is 5.37. The normalized spacial score (nSPS) is 15.2. The molecule has 1 heterocycles. The average Bonchev–Trinajstić information content (AvgIpc) is 2.22. The zero-order chi connectivity index (χ0) is 15.8. The van der Waals surface area contributed by atoms with Gasteiger partial charge in [0.2, 0.25) is 6.10 Å². The molecule has 1 atom stereocenters. The van der Waals surface area contributed by atoms with Crippen LogP contribution in [0.15, 0.2) is 18.3 Å². The maximum atomic E-state index is 12.6. The standard InChI is InChI=1S/C8H4ClF6NO3S/c9-4-1-2-16-5(3-4)6(7(10,11)12)19-20(17,18)8(13,14)15/h1-3,6H. The maximum absolute atomic E-state index is 12.6. The van der Waals surface area contributed by atoms with Gasteiger partial charge < -0.3 is 0 Å². The fourth-order valence-electron chi connectivity index (χ4n) is 1.02. The van der Waals surface area contributed by atoms with Gasteiger partial charge in [0, 0.05) is 11.2 Å². The number of hydrogen-bond donors (Lipinski definition) is 0. The van der Waals surface area contributed by atoms with Crippen molar-refractivity contribution in [3.05, 3.63) is 29.0 Å². The second-order valence-electron chi connectivity index (χ2n) is 3.32. The Hall–Kier alpha value is -1.07. The third-order valence-electron chi connectivity index (χ3n) is 1.82. The van der Waals surface area contributed by atoms with E-state index in [0.29, 0.717) is 6.07 Å². The maximum Gasteiger partial charge on any atom is 0.523 e. The molecule has 0 aromatic carbocycles. The molecule has 0 amide bonds. The molecule has 114 valence electrons. The molecule has 1 rings (SSSR count). The summed E-state index contributed by atoms with van der Waals surface area (Å²) in [7, 11) is -6.44. The summed E-state index contributed by atoms with van der Waals surface area (Å²) in [5, 5.41) is -0.280. The van der Waals surface area contributed by atoms with E-state index in [0.717, 1.165) is 12.3 Å². The minimum atomic E-state index is -6.44. The smallest absolute Gasteiger partial charge is 0.258 e. The van der Waals surface area contributed by atoms with Crippen LogP contribution >= 0.6 is 11.6 Å². The van der Waals surface area contributed by atoms with Crippen LogP contribution in [0.25, 0.3) is 0 Å². The van der Waals surface area contributed by atoms with Crippen LogP contribution in [-0.2, 0) is 14.3 Å². The molecule has 20 heavy (non-hydrogen) atoms. The largest absolute Gasteiger partial charge is 0.523 e. The highest BCUT2D eigenvalue weighted by Gasteiger charge is 2.54. The molecule has 12 heteroatoms. The van der Waals surface area contributed by atoms with Crippen molar-refractivity contribution in [2.24, 2.45) is 0 Å². The minimum Gasteiger partial charge on any atom is -0.258 e. The predicted octanol–water partition coefficient (Wildman–Crippen LogP) is 3.20. The summed E-state index contributed by atoms with van der Waals surface area (Å²) < 4.78 is 98.5. The van der Waals surface area contributed by atoms with Crippen molar-refractivity contribution in [1.82, 2.24) is 4.98 Å². The third-order valence-corrected chi connectivity index (χ3v) is 3.06. The Morgan fingerprint density at radius 3 is 2.15 bits per heavy atom. The van der Waals surface area contributed by atoms with Gasteiger partial charge in [0.15, 0.2) is 0 Å². The number of alkyl halides is 6. The molecule has 0 aliphatic rings. The van der Waals surface area contributed by atoms with E-state index in [1.165, 1.54) is 0 Å². The first-order valence-electron chi connectivity index (χ1n) is 4.52. The molecule has 1 aromatic heterocycles. The summed E-state index contributed by atoms with van der Waals surface area (Å²) in [6, 6.07) is 1.60. The molecule has 0 fully saturated rings. The van der Waals surface area contributed by atoms with Crippen LogP contribution in [0.3, 0.4) is 0 Å². The van der Waals surface area contributed by atoms with E-state index in [-0.39, 0.29) is 5.02 Å². The van der Waals surface area contributed by atoms with Gasteiger partial charge >= 0.3 is 21.8 Å². The quantitative estimate of drug-likeness (QED) is 0.480. The second kappa shape index (κ2) is 5.37. The molecular formula is C8H4ClF6NO3S. The third kappa shape index (κ3) is 3.96. The number of hydrogen-bond acceptors (Lipinski definition) is 4. The number of rotatable bonds is 3. The van der Waals surface area contributed by atoms with Gasteiger partial charge in [-0.2, -0.15) is 34.8 Å². The van der Waals surface area contributed by atoms with Crippen LogP contribution < -0.4 is 0 Å². The SMILES string of the molecule is O=S(=O)(OC(c1cc(Cl)ccn1)C(F)(F)F)C(F)(F)F. The van der Waals surface area contributed by atoms with Gasteiger partial charge in [-0.05, 0) is 12.1 Å². The van der Waals surface area contributed by atoms with Crippen LogP contribution in [-0.4, -0.2) is 25.1 Å². The van der Waals surface area contributed by atoms with Crippen molar-refractivity contribution < 1.29 is 38.9 Å². The lowest BCUT2D eigenvalue weighted by molar-refractivity contribution is -0.201. The Kier molecular flexibility index (Phi) is 4.56. The zero-order valence-corrected chi connectivity index (χ0v) is 10.6. The number of aromatic nitrogens is 1. The van der Waals surface area contributed by atoms with E-state index >= 15 is 0 Å². The van der Waals surface area contributed by atoms with Crippen molar-refractivity contribution in [3.8, 4) is 0 Å².